The summed E-state index contributed by atoms with van der Waals surface area (Å²) in [5.41, 5.74) is 2.59. The summed E-state index contributed by atoms with van der Waals surface area (Å²) in [5.74, 6) is 0.355. The van der Waals surface area contributed by atoms with Crippen molar-refractivity contribution in [2.24, 2.45) is 0 Å². The summed E-state index contributed by atoms with van der Waals surface area (Å²) in [5, 5.41) is 3.93. The second kappa shape index (κ2) is 7.29. The Balaban J connectivity index is 1.86. The van der Waals surface area contributed by atoms with Crippen LogP contribution in [0.4, 0.5) is 0 Å². The van der Waals surface area contributed by atoms with E-state index in [2.05, 4.69) is 5.16 Å². The lowest BCUT2D eigenvalue weighted by molar-refractivity contribution is -0.167. The van der Waals surface area contributed by atoms with Gasteiger partial charge in [-0.2, -0.15) is 0 Å². The van der Waals surface area contributed by atoms with E-state index >= 15 is 0 Å². The monoisotopic (exact) mass is 357 g/mol. The molecule has 0 N–H and O–H groups in total. The Hall–Kier alpha value is -2.67. The van der Waals surface area contributed by atoms with Gasteiger partial charge in [-0.05, 0) is 25.0 Å². The standard InChI is InChI=1S/C19H23N3O4/c1-12-7-5-6-8-15(12)17-18(25-11-16(23)22(17)4)19(24)21(3)10-14-9-13(2)26-20-14/h5-9,17-18H,10-11H2,1-4H3/t17-,18+/m1/s1. The number of benzene rings is 1. The number of carbonyl (C=O) groups is 2. The van der Waals surface area contributed by atoms with Crippen LogP contribution in [0.15, 0.2) is 34.9 Å². The first-order chi connectivity index (χ1) is 12.4. The summed E-state index contributed by atoms with van der Waals surface area (Å²) in [6, 6.07) is 9.05. The van der Waals surface area contributed by atoms with E-state index < -0.39 is 12.1 Å². The molecule has 0 spiro atoms. The fourth-order valence-electron chi connectivity index (χ4n) is 3.24. The molecule has 138 valence electrons. The van der Waals surface area contributed by atoms with Crippen LogP contribution in [-0.4, -0.2) is 53.6 Å². The predicted molar refractivity (Wildman–Crippen MR) is 94.1 cm³/mol. The van der Waals surface area contributed by atoms with Crippen LogP contribution in [-0.2, 0) is 20.9 Å². The lowest BCUT2D eigenvalue weighted by atomic mass is 9.93. The molecule has 0 unspecified atom stereocenters. The SMILES string of the molecule is Cc1cc(CN(C)C(=O)[C@H]2OCC(=O)N(C)[C@@H]2c2ccccc2C)no1. The van der Waals surface area contributed by atoms with Gasteiger partial charge in [0.05, 0.1) is 12.6 Å². The molecule has 1 fully saturated rings. The molecule has 7 heteroatoms. The van der Waals surface area contributed by atoms with Crippen molar-refractivity contribution in [1.82, 2.24) is 15.0 Å². The Morgan fingerprint density at radius 3 is 2.73 bits per heavy atom. The van der Waals surface area contributed by atoms with Gasteiger partial charge in [-0.1, -0.05) is 29.4 Å². The minimum absolute atomic E-state index is 0.105. The molecule has 0 saturated carbocycles. The van der Waals surface area contributed by atoms with E-state index in [0.29, 0.717) is 18.0 Å². The first-order valence-electron chi connectivity index (χ1n) is 8.48. The Labute approximate surface area is 152 Å². The van der Waals surface area contributed by atoms with Gasteiger partial charge >= 0.3 is 0 Å². The molecular formula is C19H23N3O4. The second-order valence-corrected chi connectivity index (χ2v) is 6.66. The highest BCUT2D eigenvalue weighted by molar-refractivity contribution is 5.86. The molecule has 1 saturated heterocycles. The number of rotatable bonds is 4. The van der Waals surface area contributed by atoms with Crippen LogP contribution < -0.4 is 0 Å². The van der Waals surface area contributed by atoms with Gasteiger partial charge in [-0.25, -0.2) is 0 Å². The summed E-state index contributed by atoms with van der Waals surface area (Å²) in [6.07, 6.45) is -0.767. The largest absolute Gasteiger partial charge is 0.361 e. The Morgan fingerprint density at radius 1 is 1.35 bits per heavy atom. The summed E-state index contributed by atoms with van der Waals surface area (Å²) in [4.78, 5) is 28.4. The number of hydrogen-bond donors (Lipinski definition) is 0. The van der Waals surface area contributed by atoms with Crippen molar-refractivity contribution in [3.63, 3.8) is 0 Å². The molecule has 2 atom stereocenters. The van der Waals surface area contributed by atoms with Crippen molar-refractivity contribution in [2.75, 3.05) is 20.7 Å². The molecule has 26 heavy (non-hydrogen) atoms. The van der Waals surface area contributed by atoms with Crippen molar-refractivity contribution in [2.45, 2.75) is 32.5 Å². The molecule has 2 heterocycles. The van der Waals surface area contributed by atoms with E-state index in [4.69, 9.17) is 9.26 Å². The predicted octanol–water partition coefficient (Wildman–Crippen LogP) is 1.85. The molecule has 0 radical (unpaired) electrons. The van der Waals surface area contributed by atoms with Gasteiger partial charge in [-0.3, -0.25) is 9.59 Å². The number of carbonyl (C=O) groups excluding carboxylic acids is 2. The summed E-state index contributed by atoms with van der Waals surface area (Å²) < 4.78 is 10.7. The minimum Gasteiger partial charge on any atom is -0.361 e. The smallest absolute Gasteiger partial charge is 0.254 e. The fraction of sp³-hybridized carbons (Fsp3) is 0.421. The summed E-state index contributed by atoms with van der Waals surface area (Å²) in [7, 11) is 3.41. The lowest BCUT2D eigenvalue weighted by Gasteiger charge is -2.40. The van der Waals surface area contributed by atoms with E-state index in [1.54, 1.807) is 36.9 Å². The number of aromatic nitrogens is 1. The van der Waals surface area contributed by atoms with Gasteiger partial charge in [0.15, 0.2) is 6.10 Å². The van der Waals surface area contributed by atoms with Gasteiger partial charge in [0, 0.05) is 20.2 Å². The van der Waals surface area contributed by atoms with Crippen LogP contribution in [0.1, 0.15) is 28.6 Å². The molecule has 7 nitrogen and oxygen atoms in total. The maximum Gasteiger partial charge on any atom is 0.254 e. The van der Waals surface area contributed by atoms with Crippen LogP contribution >= 0.6 is 0 Å². The number of likely N-dealkylation sites (N-methyl/N-ethyl adjacent to an activating group) is 2. The number of amides is 2. The zero-order valence-electron chi connectivity index (χ0n) is 15.4. The average molecular weight is 357 g/mol. The van der Waals surface area contributed by atoms with Crippen LogP contribution in [0, 0.1) is 13.8 Å². The minimum atomic E-state index is -0.767. The fourth-order valence-corrected chi connectivity index (χ4v) is 3.24. The first kappa shape index (κ1) is 18.1. The molecule has 1 aliphatic rings. The number of nitrogens with zero attached hydrogens (tertiary/aromatic N) is 3. The molecule has 1 aromatic carbocycles. The highest BCUT2D eigenvalue weighted by Gasteiger charge is 2.41. The van der Waals surface area contributed by atoms with Gasteiger partial charge in [0.1, 0.15) is 18.1 Å². The molecule has 2 amide bonds. The van der Waals surface area contributed by atoms with Crippen LogP contribution in [0.3, 0.4) is 0 Å². The van der Waals surface area contributed by atoms with Crippen molar-refractivity contribution in [1.29, 1.82) is 0 Å². The highest BCUT2D eigenvalue weighted by Crippen LogP contribution is 2.32. The van der Waals surface area contributed by atoms with E-state index in [9.17, 15) is 9.59 Å². The maximum atomic E-state index is 13.1. The Bertz CT molecular complexity index is 817. The molecular weight excluding hydrogens is 334 g/mol. The number of morpholine rings is 1. The van der Waals surface area contributed by atoms with E-state index in [0.717, 1.165) is 11.1 Å². The first-order valence-corrected chi connectivity index (χ1v) is 8.48. The average Bonchev–Trinajstić information content (AvgIpc) is 3.02. The topological polar surface area (TPSA) is 75.9 Å². The van der Waals surface area contributed by atoms with Crippen molar-refractivity contribution in [3.8, 4) is 0 Å². The van der Waals surface area contributed by atoms with Crippen LogP contribution in [0.5, 0.6) is 0 Å². The van der Waals surface area contributed by atoms with Crippen molar-refractivity contribution >= 4 is 11.8 Å². The second-order valence-electron chi connectivity index (χ2n) is 6.66. The maximum absolute atomic E-state index is 13.1. The van der Waals surface area contributed by atoms with Gasteiger partial charge in [0.25, 0.3) is 5.91 Å². The normalized spacial score (nSPS) is 20.3. The Kier molecular flexibility index (Phi) is 5.08. The Morgan fingerprint density at radius 2 is 2.08 bits per heavy atom. The number of aryl methyl sites for hydroxylation is 2. The van der Waals surface area contributed by atoms with Crippen molar-refractivity contribution in [3.05, 3.63) is 52.9 Å². The highest BCUT2D eigenvalue weighted by atomic mass is 16.5. The summed E-state index contributed by atoms with van der Waals surface area (Å²) >= 11 is 0. The van der Waals surface area contributed by atoms with Crippen LogP contribution in [0.2, 0.25) is 0 Å². The third kappa shape index (κ3) is 3.48. The van der Waals surface area contributed by atoms with Crippen LogP contribution in [0.25, 0.3) is 0 Å². The van der Waals surface area contributed by atoms with Gasteiger partial charge in [-0.15, -0.1) is 0 Å². The lowest BCUT2D eigenvalue weighted by Crippen LogP contribution is -2.53. The van der Waals surface area contributed by atoms with Gasteiger partial charge in [0.2, 0.25) is 5.91 Å². The zero-order valence-corrected chi connectivity index (χ0v) is 15.4. The molecule has 1 aromatic heterocycles. The zero-order chi connectivity index (χ0) is 18.8. The third-order valence-electron chi connectivity index (χ3n) is 4.69. The molecule has 2 aromatic rings. The summed E-state index contributed by atoms with van der Waals surface area (Å²) in [6.45, 7) is 3.98. The molecule has 3 rings (SSSR count). The number of hydrogen-bond acceptors (Lipinski definition) is 5. The van der Waals surface area contributed by atoms with E-state index in [1.165, 1.54) is 0 Å². The van der Waals surface area contributed by atoms with E-state index in [-0.39, 0.29) is 18.4 Å². The van der Waals surface area contributed by atoms with Crippen molar-refractivity contribution < 1.29 is 18.8 Å². The number of ether oxygens (including phenoxy) is 1. The molecule has 0 aliphatic carbocycles. The third-order valence-corrected chi connectivity index (χ3v) is 4.69. The molecule has 0 bridgehead atoms. The molecule has 1 aliphatic heterocycles. The quantitative estimate of drug-likeness (QED) is 0.835. The van der Waals surface area contributed by atoms with E-state index in [1.807, 2.05) is 31.2 Å². The van der Waals surface area contributed by atoms with Gasteiger partial charge < -0.3 is 19.1 Å².